The molecular formula is C20H20FN3O2. The highest BCUT2D eigenvalue weighted by atomic mass is 19.1. The van der Waals surface area contributed by atoms with Crippen LogP contribution in [0.1, 0.15) is 23.0 Å². The summed E-state index contributed by atoms with van der Waals surface area (Å²) < 4.78 is 20.4. The zero-order valence-corrected chi connectivity index (χ0v) is 14.7. The van der Waals surface area contributed by atoms with Crippen molar-refractivity contribution in [1.82, 2.24) is 14.7 Å². The van der Waals surface area contributed by atoms with Gasteiger partial charge in [0.25, 0.3) is 5.91 Å². The molecule has 0 unspecified atom stereocenters. The Morgan fingerprint density at radius 2 is 1.96 bits per heavy atom. The second-order valence-electron chi connectivity index (χ2n) is 5.78. The molecule has 2 aromatic carbocycles. The summed E-state index contributed by atoms with van der Waals surface area (Å²) in [4.78, 5) is 14.6. The van der Waals surface area contributed by atoms with Crippen molar-refractivity contribution in [2.24, 2.45) is 0 Å². The van der Waals surface area contributed by atoms with Crippen LogP contribution in [0.25, 0.3) is 5.69 Å². The first-order valence-electron chi connectivity index (χ1n) is 8.35. The van der Waals surface area contributed by atoms with Crippen molar-refractivity contribution < 1.29 is 13.9 Å². The fourth-order valence-electron chi connectivity index (χ4n) is 2.70. The highest BCUT2D eigenvalue weighted by molar-refractivity contribution is 5.95. The third kappa shape index (κ3) is 3.74. The minimum absolute atomic E-state index is 0.231. The number of carbonyl (C=O) groups excluding carboxylic acids is 1. The van der Waals surface area contributed by atoms with Gasteiger partial charge in [0.2, 0.25) is 0 Å². The molecule has 3 aromatic rings. The minimum Gasteiger partial charge on any atom is -0.493 e. The van der Waals surface area contributed by atoms with Crippen LogP contribution in [-0.4, -0.2) is 34.2 Å². The number of ether oxygens (including phenoxy) is 1. The molecule has 26 heavy (non-hydrogen) atoms. The fraction of sp³-hybridized carbons (Fsp3) is 0.200. The Morgan fingerprint density at radius 3 is 2.62 bits per heavy atom. The summed E-state index contributed by atoms with van der Waals surface area (Å²) in [6, 6.07) is 15.7. The average Bonchev–Trinajstić information content (AvgIpc) is 3.11. The van der Waals surface area contributed by atoms with Crippen LogP contribution < -0.4 is 4.74 Å². The number of amides is 1. The van der Waals surface area contributed by atoms with Gasteiger partial charge in [0.05, 0.1) is 19.0 Å². The van der Waals surface area contributed by atoms with Crippen LogP contribution in [0.2, 0.25) is 0 Å². The van der Waals surface area contributed by atoms with E-state index in [1.54, 1.807) is 27.9 Å². The van der Waals surface area contributed by atoms with Gasteiger partial charge in [-0.3, -0.25) is 4.79 Å². The molecule has 6 heteroatoms. The molecule has 1 amide bonds. The standard InChI is InChI=1S/C20H20FN3O2/c1-3-23(13-15-8-7-9-16(21)12-15)20(25)19-18(26-2)14-24(22-19)17-10-5-4-6-11-17/h4-12,14H,3,13H2,1-2H3. The molecule has 0 atom stereocenters. The van der Waals surface area contributed by atoms with Crippen molar-refractivity contribution in [2.45, 2.75) is 13.5 Å². The van der Waals surface area contributed by atoms with E-state index in [4.69, 9.17) is 4.74 Å². The molecule has 0 aliphatic heterocycles. The number of halogens is 1. The van der Waals surface area contributed by atoms with E-state index in [0.29, 0.717) is 18.8 Å². The van der Waals surface area contributed by atoms with E-state index < -0.39 is 0 Å². The maximum absolute atomic E-state index is 13.4. The summed E-state index contributed by atoms with van der Waals surface area (Å²) >= 11 is 0. The molecule has 0 saturated heterocycles. The van der Waals surface area contributed by atoms with Gasteiger partial charge in [-0.2, -0.15) is 5.10 Å². The predicted octanol–water partition coefficient (Wildman–Crippen LogP) is 3.68. The van der Waals surface area contributed by atoms with Crippen molar-refractivity contribution in [3.8, 4) is 11.4 Å². The van der Waals surface area contributed by atoms with Crippen molar-refractivity contribution in [3.05, 3.63) is 77.9 Å². The SMILES string of the molecule is CCN(Cc1cccc(F)c1)C(=O)c1nn(-c2ccccc2)cc1OC. The van der Waals surface area contributed by atoms with E-state index >= 15 is 0 Å². The molecule has 0 radical (unpaired) electrons. The molecule has 0 aliphatic carbocycles. The first-order chi connectivity index (χ1) is 12.6. The van der Waals surface area contributed by atoms with Crippen molar-refractivity contribution in [1.29, 1.82) is 0 Å². The lowest BCUT2D eigenvalue weighted by molar-refractivity contribution is 0.0742. The van der Waals surface area contributed by atoms with Crippen LogP contribution in [0, 0.1) is 5.82 Å². The van der Waals surface area contributed by atoms with E-state index in [9.17, 15) is 9.18 Å². The summed E-state index contributed by atoms with van der Waals surface area (Å²) in [5.74, 6) is -0.184. The largest absolute Gasteiger partial charge is 0.493 e. The van der Waals surface area contributed by atoms with Gasteiger partial charge in [-0.05, 0) is 36.8 Å². The Bertz CT molecular complexity index is 893. The van der Waals surface area contributed by atoms with E-state index in [2.05, 4.69) is 5.10 Å². The Hall–Kier alpha value is -3.15. The van der Waals surface area contributed by atoms with Gasteiger partial charge in [0.15, 0.2) is 11.4 Å². The van der Waals surface area contributed by atoms with Crippen LogP contribution in [0.3, 0.4) is 0 Å². The molecule has 0 spiro atoms. The van der Waals surface area contributed by atoms with Crippen LogP contribution >= 0.6 is 0 Å². The molecule has 0 fully saturated rings. The Labute approximate surface area is 151 Å². The molecule has 3 rings (SSSR count). The molecule has 134 valence electrons. The zero-order chi connectivity index (χ0) is 18.5. The number of hydrogen-bond donors (Lipinski definition) is 0. The minimum atomic E-state index is -0.322. The summed E-state index contributed by atoms with van der Waals surface area (Å²) in [7, 11) is 1.51. The number of para-hydroxylation sites is 1. The van der Waals surface area contributed by atoms with Crippen LogP contribution in [-0.2, 0) is 6.54 Å². The molecular weight excluding hydrogens is 333 g/mol. The van der Waals surface area contributed by atoms with Crippen molar-refractivity contribution >= 4 is 5.91 Å². The molecule has 0 aliphatic rings. The normalized spacial score (nSPS) is 10.6. The molecule has 5 nitrogen and oxygen atoms in total. The first kappa shape index (κ1) is 17.7. The van der Waals surface area contributed by atoms with E-state index in [-0.39, 0.29) is 17.4 Å². The maximum atomic E-state index is 13.4. The Balaban J connectivity index is 1.88. The molecule has 0 bridgehead atoms. The number of benzene rings is 2. The average molecular weight is 353 g/mol. The topological polar surface area (TPSA) is 47.4 Å². The highest BCUT2D eigenvalue weighted by Gasteiger charge is 2.23. The highest BCUT2D eigenvalue weighted by Crippen LogP contribution is 2.22. The quantitative estimate of drug-likeness (QED) is 0.679. The van der Waals surface area contributed by atoms with Gasteiger partial charge in [-0.25, -0.2) is 9.07 Å². The van der Waals surface area contributed by atoms with Gasteiger partial charge in [-0.15, -0.1) is 0 Å². The van der Waals surface area contributed by atoms with Gasteiger partial charge in [0.1, 0.15) is 5.82 Å². The van der Waals surface area contributed by atoms with Gasteiger partial charge < -0.3 is 9.64 Å². The predicted molar refractivity (Wildman–Crippen MR) is 96.9 cm³/mol. The van der Waals surface area contributed by atoms with Crippen molar-refractivity contribution in [3.63, 3.8) is 0 Å². The lowest BCUT2D eigenvalue weighted by Crippen LogP contribution is -2.31. The molecule has 0 N–H and O–H groups in total. The summed E-state index contributed by atoms with van der Waals surface area (Å²) in [5, 5.41) is 4.41. The number of methoxy groups -OCH3 is 1. The lowest BCUT2D eigenvalue weighted by atomic mass is 10.2. The summed E-state index contributed by atoms with van der Waals surface area (Å²) in [6.45, 7) is 2.64. The number of aromatic nitrogens is 2. The number of nitrogens with zero attached hydrogens (tertiary/aromatic N) is 3. The smallest absolute Gasteiger partial charge is 0.278 e. The second-order valence-corrected chi connectivity index (χ2v) is 5.78. The van der Waals surface area contributed by atoms with Gasteiger partial charge >= 0.3 is 0 Å². The number of rotatable bonds is 6. The van der Waals surface area contributed by atoms with Crippen LogP contribution in [0.4, 0.5) is 4.39 Å². The molecule has 1 heterocycles. The van der Waals surface area contributed by atoms with Crippen LogP contribution in [0.15, 0.2) is 60.8 Å². The monoisotopic (exact) mass is 353 g/mol. The third-order valence-corrected chi connectivity index (χ3v) is 4.06. The lowest BCUT2D eigenvalue weighted by Gasteiger charge is -2.20. The summed E-state index contributed by atoms with van der Waals surface area (Å²) in [5.41, 5.74) is 1.79. The number of carbonyl (C=O) groups is 1. The molecule has 0 saturated carbocycles. The van der Waals surface area contributed by atoms with Crippen molar-refractivity contribution in [2.75, 3.05) is 13.7 Å². The second kappa shape index (κ2) is 7.82. The fourth-order valence-corrected chi connectivity index (χ4v) is 2.70. The zero-order valence-electron chi connectivity index (χ0n) is 14.7. The van der Waals surface area contributed by atoms with Gasteiger partial charge in [-0.1, -0.05) is 30.3 Å². The van der Waals surface area contributed by atoms with E-state index in [0.717, 1.165) is 11.3 Å². The molecule has 1 aromatic heterocycles. The van der Waals surface area contributed by atoms with E-state index in [1.165, 1.54) is 19.2 Å². The Morgan fingerprint density at radius 1 is 1.19 bits per heavy atom. The summed E-state index contributed by atoms with van der Waals surface area (Å²) in [6.07, 6.45) is 1.68. The van der Waals surface area contributed by atoms with Crippen LogP contribution in [0.5, 0.6) is 5.75 Å². The van der Waals surface area contributed by atoms with Gasteiger partial charge in [0, 0.05) is 13.1 Å². The first-order valence-corrected chi connectivity index (χ1v) is 8.35. The third-order valence-electron chi connectivity index (χ3n) is 4.06. The number of hydrogen-bond acceptors (Lipinski definition) is 3. The Kier molecular flexibility index (Phi) is 5.31. The van der Waals surface area contributed by atoms with E-state index in [1.807, 2.05) is 37.3 Å². The maximum Gasteiger partial charge on any atom is 0.278 e.